The van der Waals surface area contributed by atoms with E-state index in [1.807, 2.05) is 12.1 Å². The first kappa shape index (κ1) is 32.2. The third-order valence-corrected chi connectivity index (χ3v) is 9.75. The normalized spacial score (nSPS) is 22.8. The molecule has 2 atom stereocenters. The van der Waals surface area contributed by atoms with E-state index in [0.717, 1.165) is 48.8 Å². The number of fused-ring (bicyclic) bond motifs is 1. The molecule has 3 amide bonds. The zero-order valence-electron chi connectivity index (χ0n) is 24.0. The van der Waals surface area contributed by atoms with Crippen molar-refractivity contribution in [1.29, 1.82) is 0 Å². The number of oxime groups is 1. The number of carboxylic acid groups (broad SMARTS) is 1. The number of nitrogens with zero attached hydrogens (tertiary/aromatic N) is 6. The van der Waals surface area contributed by atoms with Crippen molar-refractivity contribution in [3.8, 4) is 0 Å². The molecule has 0 bridgehead atoms. The maximum Gasteiger partial charge on any atom is 0.352 e. The minimum atomic E-state index is -1.29. The number of nitrogens with two attached hydrogens (primary N) is 1. The number of allylic oxidation sites excluding steroid dienone is 1. The number of hydrogen-bond acceptors (Lipinski definition) is 11. The van der Waals surface area contributed by atoms with Gasteiger partial charge in [0.15, 0.2) is 5.13 Å². The van der Waals surface area contributed by atoms with Gasteiger partial charge < -0.3 is 20.6 Å². The number of likely N-dealkylation sites (tertiary alicyclic amines) is 1. The molecule has 1 saturated carbocycles. The fraction of sp³-hybridized carbons (Fsp3) is 0.393. The number of carbonyl (C=O) groups excluding carboxylic acids is 3. The summed E-state index contributed by atoms with van der Waals surface area (Å²) < 4.78 is 0. The van der Waals surface area contributed by atoms with Gasteiger partial charge in [-0.15, -0.1) is 23.1 Å². The molecule has 2 aromatic heterocycles. The summed E-state index contributed by atoms with van der Waals surface area (Å²) in [4.78, 5) is 70.3. The van der Waals surface area contributed by atoms with Gasteiger partial charge in [0.05, 0.1) is 0 Å². The number of hydrogen-bond donors (Lipinski definition) is 2. The second-order valence-electron chi connectivity index (χ2n) is 10.5. The van der Waals surface area contributed by atoms with Crippen molar-refractivity contribution < 1.29 is 29.1 Å². The molecule has 13 nitrogen and oxygen atoms in total. The summed E-state index contributed by atoms with van der Waals surface area (Å²) in [5.41, 5.74) is 7.44. The topological polar surface area (TPSA) is 172 Å². The van der Waals surface area contributed by atoms with Crippen LogP contribution in [0.3, 0.4) is 0 Å². The number of β-lactam (4-membered cyclic amide) rings is 1. The Hall–Kier alpha value is -3.24. The van der Waals surface area contributed by atoms with Gasteiger partial charge in [0.1, 0.15) is 35.2 Å². The average Bonchev–Trinajstić information content (AvgIpc) is 3.75. The monoisotopic (exact) mass is 646 g/mol. The molecule has 5 heterocycles. The van der Waals surface area contributed by atoms with Gasteiger partial charge in [-0.1, -0.05) is 5.16 Å². The van der Waals surface area contributed by atoms with Gasteiger partial charge in [-0.25, -0.2) is 9.78 Å². The van der Waals surface area contributed by atoms with E-state index in [4.69, 9.17) is 10.6 Å². The Morgan fingerprint density at radius 2 is 1.98 bits per heavy atom. The van der Waals surface area contributed by atoms with Crippen molar-refractivity contribution in [2.75, 3.05) is 22.9 Å². The van der Waals surface area contributed by atoms with Crippen LogP contribution >= 0.6 is 23.1 Å². The Labute approximate surface area is 283 Å². The van der Waals surface area contributed by atoms with Crippen molar-refractivity contribution in [3.05, 3.63) is 58.4 Å². The van der Waals surface area contributed by atoms with Crippen LogP contribution in [0.4, 0.5) is 10.9 Å². The summed E-state index contributed by atoms with van der Waals surface area (Å²) in [6.07, 6.45) is 10.2. The van der Waals surface area contributed by atoms with Crippen molar-refractivity contribution in [2.45, 2.75) is 56.2 Å². The molecule has 16 heteroatoms. The first-order valence-electron chi connectivity index (χ1n) is 13.8. The van der Waals surface area contributed by atoms with Gasteiger partial charge in [-0.2, -0.15) is 0 Å². The summed E-state index contributed by atoms with van der Waals surface area (Å²) >= 11 is 2.43. The first-order valence-corrected chi connectivity index (χ1v) is 15.8. The van der Waals surface area contributed by atoms with Crippen molar-refractivity contribution in [1.82, 2.24) is 19.8 Å². The zero-order valence-corrected chi connectivity index (χ0v) is 27.6. The standard InChI is InChI=1S/C28H29N7O6S2.Na/c29-28-32-20(15-43-28)34(21(36)12-31-41-19-3-1-2-4-19)23-25(38)35-22(27(39)40)18(14-42-26(23)35)11-17-7-10-33(24(17)37)13-16-5-8-30-9-6-16;/h5-6,8-9,11-12,15,19,23,26H,1-4,7,10,13-14H2,(H2,29,32)(H,39,40);/t23-,26-;/m1./s1. The van der Waals surface area contributed by atoms with Crippen molar-refractivity contribution in [2.24, 2.45) is 5.16 Å². The van der Waals surface area contributed by atoms with E-state index in [9.17, 15) is 24.3 Å². The average molecular weight is 647 g/mol. The smallest absolute Gasteiger partial charge is 0.352 e. The van der Waals surface area contributed by atoms with Gasteiger partial charge in [-0.3, -0.25) is 29.2 Å². The third kappa shape index (κ3) is 6.42. The molecule has 2 aromatic rings. The molecule has 1 aliphatic carbocycles. The van der Waals surface area contributed by atoms with E-state index in [0.29, 0.717) is 30.7 Å². The van der Waals surface area contributed by atoms with E-state index in [1.165, 1.54) is 21.6 Å². The van der Waals surface area contributed by atoms with Crippen molar-refractivity contribution in [3.63, 3.8) is 0 Å². The largest absolute Gasteiger partial charge is 0.477 e. The number of thiazole rings is 1. The fourth-order valence-electron chi connectivity index (χ4n) is 5.71. The van der Waals surface area contributed by atoms with E-state index in [2.05, 4.69) is 15.1 Å². The number of anilines is 2. The number of pyridine rings is 1. The van der Waals surface area contributed by atoms with Gasteiger partial charge in [0.2, 0.25) is 5.91 Å². The number of aromatic nitrogens is 2. The first-order chi connectivity index (χ1) is 20.8. The number of carbonyl (C=O) groups is 4. The Balaban J connectivity index is 0.00000384. The van der Waals surface area contributed by atoms with E-state index < -0.39 is 29.2 Å². The van der Waals surface area contributed by atoms with Crippen LogP contribution in [0, 0.1) is 0 Å². The molecule has 3 fully saturated rings. The SMILES string of the molecule is Nc1nc(N(C(=O)C=NOC2CCCC2)[C@@H]2C(=O)N3C(C(=O)O)=C(C=C4CCN(Cc5ccncc5)C4=O)CS[C@H]23)cs1.[Na]. The summed E-state index contributed by atoms with van der Waals surface area (Å²) in [7, 11) is 0. The second kappa shape index (κ2) is 13.8. The molecule has 6 rings (SSSR count). The number of thioether (sulfide) groups is 1. The molecule has 0 spiro atoms. The Morgan fingerprint density at radius 1 is 1.23 bits per heavy atom. The molecule has 4 aliphatic rings. The molecular formula is C28H29N7NaO6S2. The quantitative estimate of drug-likeness (QED) is 0.135. The molecule has 0 unspecified atom stereocenters. The minimum absolute atomic E-state index is 0. The molecule has 2 saturated heterocycles. The molecule has 3 aliphatic heterocycles. The number of aliphatic carboxylic acids is 1. The molecule has 44 heavy (non-hydrogen) atoms. The van der Waals surface area contributed by atoms with Crippen LogP contribution in [0.5, 0.6) is 0 Å². The predicted molar refractivity (Wildman–Crippen MR) is 165 cm³/mol. The molecule has 1 radical (unpaired) electrons. The third-order valence-electron chi connectivity index (χ3n) is 7.80. The number of amides is 3. The Bertz CT molecular complexity index is 1540. The van der Waals surface area contributed by atoms with Gasteiger partial charge in [0, 0.05) is 71.7 Å². The van der Waals surface area contributed by atoms with Crippen LogP contribution < -0.4 is 10.6 Å². The molecule has 0 aromatic carbocycles. The van der Waals surface area contributed by atoms with E-state index in [1.54, 1.807) is 28.7 Å². The van der Waals surface area contributed by atoms with Crippen LogP contribution in [0.15, 0.2) is 58.0 Å². The van der Waals surface area contributed by atoms with Crippen LogP contribution in [0.25, 0.3) is 0 Å². The van der Waals surface area contributed by atoms with Crippen LogP contribution in [-0.4, -0.2) is 114 Å². The van der Waals surface area contributed by atoms with E-state index in [-0.39, 0.29) is 64.0 Å². The molecular weight excluding hydrogens is 617 g/mol. The molecule has 3 N–H and O–H groups in total. The molecule has 225 valence electrons. The van der Waals surface area contributed by atoms with Crippen molar-refractivity contribution >= 4 is 93.5 Å². The summed E-state index contributed by atoms with van der Waals surface area (Å²) in [6.45, 7) is 0.926. The number of carboxylic acids is 1. The number of rotatable bonds is 9. The van der Waals surface area contributed by atoms with Gasteiger partial charge in [0.25, 0.3) is 11.8 Å². The predicted octanol–water partition coefficient (Wildman–Crippen LogP) is 2.00. The summed E-state index contributed by atoms with van der Waals surface area (Å²) in [5.74, 6) is -2.25. The minimum Gasteiger partial charge on any atom is -0.477 e. The van der Waals surface area contributed by atoms with E-state index >= 15 is 0 Å². The second-order valence-corrected chi connectivity index (χ2v) is 12.5. The van der Waals surface area contributed by atoms with Crippen LogP contribution in [0.1, 0.15) is 37.7 Å². The van der Waals surface area contributed by atoms with Gasteiger partial charge in [-0.05, 0) is 61.4 Å². The fourth-order valence-corrected chi connectivity index (χ4v) is 7.60. The van der Waals surface area contributed by atoms with Crippen LogP contribution in [-0.2, 0) is 30.6 Å². The maximum absolute atomic E-state index is 13.6. The summed E-state index contributed by atoms with van der Waals surface area (Å²) in [5, 5.41) is 15.1. The van der Waals surface area contributed by atoms with Gasteiger partial charge >= 0.3 is 5.97 Å². The Morgan fingerprint density at radius 3 is 2.66 bits per heavy atom. The van der Waals surface area contributed by atoms with Crippen LogP contribution in [0.2, 0.25) is 0 Å². The number of nitrogen functional groups attached to an aromatic ring is 1. The summed E-state index contributed by atoms with van der Waals surface area (Å²) in [6, 6.07) is 2.66. The Kier molecular flexibility index (Phi) is 10.1. The zero-order chi connectivity index (χ0) is 30.1. The maximum atomic E-state index is 13.6.